The number of hydrogen-bond donors (Lipinski definition) is 2. The Morgan fingerprint density at radius 3 is 2.84 bits per heavy atom. The molecule has 0 saturated carbocycles. The Hall–Kier alpha value is -2.14. The molecule has 1 aromatic heterocycles. The van der Waals surface area contributed by atoms with E-state index in [0.717, 1.165) is 11.3 Å². The van der Waals surface area contributed by atoms with Crippen LogP contribution in [0.15, 0.2) is 40.9 Å². The highest BCUT2D eigenvalue weighted by molar-refractivity contribution is 5.76. The topological polar surface area (TPSA) is 67.2 Å². The van der Waals surface area contributed by atoms with Crippen LogP contribution in [0, 0.1) is 0 Å². The second-order valence-electron chi connectivity index (χ2n) is 4.17. The number of rotatable bonds is 6. The Morgan fingerprint density at radius 1 is 1.32 bits per heavy atom. The summed E-state index contributed by atoms with van der Waals surface area (Å²) in [6.45, 7) is 1.03. The van der Waals surface area contributed by atoms with Gasteiger partial charge in [0.2, 0.25) is 5.91 Å². The van der Waals surface area contributed by atoms with Gasteiger partial charge in [-0.05, 0) is 7.05 Å². The molecular weight excluding hydrogens is 242 g/mol. The molecule has 2 rings (SSSR count). The Kier molecular flexibility index (Phi) is 4.69. The van der Waals surface area contributed by atoms with E-state index in [-0.39, 0.29) is 5.91 Å². The average molecular weight is 259 g/mol. The molecule has 1 aromatic carbocycles. The highest BCUT2D eigenvalue weighted by Crippen LogP contribution is 2.18. The predicted octanol–water partition coefficient (Wildman–Crippen LogP) is 1.57. The van der Waals surface area contributed by atoms with E-state index < -0.39 is 0 Å². The lowest BCUT2D eigenvalue weighted by molar-refractivity contribution is -0.121. The minimum Gasteiger partial charge on any atom is -0.359 e. The third-order valence-corrected chi connectivity index (χ3v) is 2.69. The fourth-order valence-electron chi connectivity index (χ4n) is 1.65. The van der Waals surface area contributed by atoms with Gasteiger partial charge in [0.25, 0.3) is 0 Å². The summed E-state index contributed by atoms with van der Waals surface area (Å²) in [7, 11) is 1.82. The van der Waals surface area contributed by atoms with Crippen LogP contribution in [-0.4, -0.2) is 24.7 Å². The first-order valence-electron chi connectivity index (χ1n) is 6.22. The molecule has 0 fully saturated rings. The van der Waals surface area contributed by atoms with Crippen molar-refractivity contribution in [2.75, 3.05) is 13.6 Å². The van der Waals surface area contributed by atoms with E-state index in [4.69, 9.17) is 4.52 Å². The van der Waals surface area contributed by atoms with Crippen LogP contribution in [0.2, 0.25) is 0 Å². The Morgan fingerprint density at radius 2 is 2.11 bits per heavy atom. The van der Waals surface area contributed by atoms with E-state index in [2.05, 4.69) is 15.8 Å². The van der Waals surface area contributed by atoms with Gasteiger partial charge in [0, 0.05) is 24.6 Å². The third kappa shape index (κ3) is 3.93. The van der Waals surface area contributed by atoms with Crippen molar-refractivity contribution in [1.82, 2.24) is 15.8 Å². The molecule has 1 amide bonds. The van der Waals surface area contributed by atoms with Gasteiger partial charge in [-0.1, -0.05) is 35.5 Å². The molecule has 0 saturated heterocycles. The van der Waals surface area contributed by atoms with E-state index in [9.17, 15) is 4.79 Å². The van der Waals surface area contributed by atoms with Gasteiger partial charge in [-0.2, -0.15) is 0 Å². The van der Waals surface area contributed by atoms with E-state index >= 15 is 0 Å². The van der Waals surface area contributed by atoms with Gasteiger partial charge in [-0.25, -0.2) is 0 Å². The van der Waals surface area contributed by atoms with E-state index in [1.807, 2.05) is 43.4 Å². The van der Waals surface area contributed by atoms with Crippen LogP contribution in [0.3, 0.4) is 0 Å². The highest BCUT2D eigenvalue weighted by Gasteiger charge is 2.07. The molecule has 0 aliphatic heterocycles. The van der Waals surface area contributed by atoms with E-state index in [0.29, 0.717) is 25.3 Å². The molecule has 0 atom stereocenters. The molecule has 0 radical (unpaired) electrons. The average Bonchev–Trinajstić information content (AvgIpc) is 2.93. The Labute approximate surface area is 112 Å². The quantitative estimate of drug-likeness (QED) is 0.826. The summed E-state index contributed by atoms with van der Waals surface area (Å²) >= 11 is 0. The van der Waals surface area contributed by atoms with Gasteiger partial charge < -0.3 is 15.2 Å². The second-order valence-corrected chi connectivity index (χ2v) is 4.17. The van der Waals surface area contributed by atoms with Gasteiger partial charge >= 0.3 is 0 Å². The third-order valence-electron chi connectivity index (χ3n) is 2.69. The summed E-state index contributed by atoms with van der Waals surface area (Å²) in [5.74, 6) is 0.642. The second kappa shape index (κ2) is 6.70. The normalized spacial score (nSPS) is 10.4. The number of carbonyl (C=O) groups excluding carboxylic acids is 1. The van der Waals surface area contributed by atoms with Crippen molar-refractivity contribution >= 4 is 5.91 Å². The lowest BCUT2D eigenvalue weighted by Crippen LogP contribution is -2.25. The number of hydrogen-bond acceptors (Lipinski definition) is 4. The highest BCUT2D eigenvalue weighted by atomic mass is 16.5. The van der Waals surface area contributed by atoms with E-state index in [1.54, 1.807) is 0 Å². The maximum absolute atomic E-state index is 11.4. The van der Waals surface area contributed by atoms with Crippen LogP contribution in [-0.2, 0) is 11.3 Å². The van der Waals surface area contributed by atoms with E-state index in [1.165, 1.54) is 0 Å². The smallest absolute Gasteiger partial charge is 0.221 e. The maximum Gasteiger partial charge on any atom is 0.221 e. The van der Waals surface area contributed by atoms with Crippen molar-refractivity contribution in [3.8, 4) is 11.3 Å². The minimum absolute atomic E-state index is 0.00740. The fourth-order valence-corrected chi connectivity index (χ4v) is 1.65. The SMILES string of the molecule is CNCCC(=O)NCc1cc(-c2ccccc2)no1. The summed E-state index contributed by atoms with van der Waals surface area (Å²) in [6.07, 6.45) is 0.455. The van der Waals surface area contributed by atoms with Crippen molar-refractivity contribution in [3.05, 3.63) is 42.2 Å². The first-order valence-corrected chi connectivity index (χ1v) is 6.22. The maximum atomic E-state index is 11.4. The van der Waals surface area contributed by atoms with Crippen molar-refractivity contribution < 1.29 is 9.32 Å². The number of nitrogens with zero attached hydrogens (tertiary/aromatic N) is 1. The minimum atomic E-state index is -0.00740. The standard InChI is InChI=1S/C14H17N3O2/c1-15-8-7-14(18)16-10-12-9-13(17-19-12)11-5-3-2-4-6-11/h2-6,9,15H,7-8,10H2,1H3,(H,16,18). The molecule has 0 aliphatic rings. The van der Waals surface area contributed by atoms with Crippen LogP contribution in [0.1, 0.15) is 12.2 Å². The van der Waals surface area contributed by atoms with Gasteiger partial charge in [0.1, 0.15) is 5.69 Å². The van der Waals surface area contributed by atoms with Crippen molar-refractivity contribution in [3.63, 3.8) is 0 Å². The first kappa shape index (κ1) is 13.3. The number of amides is 1. The monoisotopic (exact) mass is 259 g/mol. The molecule has 2 aromatic rings. The molecule has 0 spiro atoms. The van der Waals surface area contributed by atoms with Crippen LogP contribution < -0.4 is 10.6 Å². The molecule has 5 nitrogen and oxygen atoms in total. The number of carbonyl (C=O) groups is 1. The summed E-state index contributed by atoms with van der Waals surface area (Å²) in [5, 5.41) is 9.70. The molecule has 0 aliphatic carbocycles. The molecule has 100 valence electrons. The first-order chi connectivity index (χ1) is 9.29. The van der Waals surface area contributed by atoms with Gasteiger partial charge in [0.15, 0.2) is 5.76 Å². The fraction of sp³-hybridized carbons (Fsp3) is 0.286. The van der Waals surface area contributed by atoms with Gasteiger partial charge in [-0.3, -0.25) is 4.79 Å². The zero-order valence-electron chi connectivity index (χ0n) is 10.8. The molecule has 0 unspecified atom stereocenters. The Balaban J connectivity index is 1.90. The lowest BCUT2D eigenvalue weighted by atomic mass is 10.1. The summed E-state index contributed by atoms with van der Waals surface area (Å²) in [6, 6.07) is 11.6. The summed E-state index contributed by atoms with van der Waals surface area (Å²) in [4.78, 5) is 11.4. The summed E-state index contributed by atoms with van der Waals surface area (Å²) in [5.41, 5.74) is 1.78. The van der Waals surface area contributed by atoms with Crippen molar-refractivity contribution in [2.45, 2.75) is 13.0 Å². The molecule has 1 heterocycles. The molecular formula is C14H17N3O2. The van der Waals surface area contributed by atoms with Gasteiger partial charge in [0.05, 0.1) is 6.54 Å². The van der Waals surface area contributed by atoms with Gasteiger partial charge in [-0.15, -0.1) is 0 Å². The van der Waals surface area contributed by atoms with Crippen LogP contribution in [0.4, 0.5) is 0 Å². The number of aromatic nitrogens is 1. The predicted molar refractivity (Wildman–Crippen MR) is 72.3 cm³/mol. The van der Waals surface area contributed by atoms with Crippen LogP contribution in [0.25, 0.3) is 11.3 Å². The summed E-state index contributed by atoms with van der Waals surface area (Å²) < 4.78 is 5.19. The van der Waals surface area contributed by atoms with Crippen LogP contribution in [0.5, 0.6) is 0 Å². The van der Waals surface area contributed by atoms with Crippen molar-refractivity contribution in [2.24, 2.45) is 0 Å². The molecule has 0 bridgehead atoms. The Bertz CT molecular complexity index is 522. The van der Waals surface area contributed by atoms with Crippen molar-refractivity contribution in [1.29, 1.82) is 0 Å². The molecule has 5 heteroatoms. The molecule has 19 heavy (non-hydrogen) atoms. The number of benzene rings is 1. The molecule has 2 N–H and O–H groups in total. The zero-order valence-corrected chi connectivity index (χ0v) is 10.8. The zero-order chi connectivity index (χ0) is 13.5. The largest absolute Gasteiger partial charge is 0.359 e. The lowest BCUT2D eigenvalue weighted by Gasteiger charge is -2.01. The number of nitrogens with one attached hydrogen (secondary N) is 2. The van der Waals surface area contributed by atoms with Crippen LogP contribution >= 0.6 is 0 Å².